The van der Waals surface area contributed by atoms with Crippen molar-refractivity contribution in [2.45, 2.75) is 26.3 Å². The van der Waals surface area contributed by atoms with Crippen molar-refractivity contribution in [2.75, 3.05) is 13.2 Å². The Morgan fingerprint density at radius 3 is 2.44 bits per heavy atom. The molecule has 2 N–H and O–H groups in total. The Labute approximate surface area is 94.3 Å². The van der Waals surface area contributed by atoms with Gasteiger partial charge in [0.05, 0.1) is 12.1 Å². The van der Waals surface area contributed by atoms with Gasteiger partial charge in [-0.15, -0.1) is 0 Å². The molecule has 1 atom stereocenters. The molecule has 1 rings (SSSR count). The van der Waals surface area contributed by atoms with Gasteiger partial charge in [-0.05, 0) is 38.1 Å². The van der Waals surface area contributed by atoms with E-state index in [2.05, 4.69) is 5.32 Å². The van der Waals surface area contributed by atoms with E-state index in [0.29, 0.717) is 6.54 Å². The summed E-state index contributed by atoms with van der Waals surface area (Å²) in [5.74, 6) is -0.967. The molecule has 0 radical (unpaired) electrons. The molecule has 0 aromatic heterocycles. The molecule has 1 aromatic carbocycles. The number of rotatable bonds is 4. The van der Waals surface area contributed by atoms with E-state index in [9.17, 15) is 13.9 Å². The molecule has 0 aliphatic rings. The van der Waals surface area contributed by atoms with E-state index in [4.69, 9.17) is 0 Å². The van der Waals surface area contributed by atoms with Gasteiger partial charge in [0.25, 0.3) is 0 Å². The third kappa shape index (κ3) is 2.39. The summed E-state index contributed by atoms with van der Waals surface area (Å²) in [6, 6.07) is 2.29. The molecule has 0 spiro atoms. The predicted molar refractivity (Wildman–Crippen MR) is 59.2 cm³/mol. The summed E-state index contributed by atoms with van der Waals surface area (Å²) in [6.07, 6.45) is 0. The second-order valence-corrected chi connectivity index (χ2v) is 4.10. The van der Waals surface area contributed by atoms with Gasteiger partial charge in [0.15, 0.2) is 0 Å². The molecule has 0 saturated carbocycles. The van der Waals surface area contributed by atoms with E-state index >= 15 is 0 Å². The van der Waals surface area contributed by atoms with Crippen LogP contribution in [0.3, 0.4) is 0 Å². The summed E-state index contributed by atoms with van der Waals surface area (Å²) in [5, 5.41) is 12.3. The number of likely N-dealkylation sites (N-methyl/N-ethyl adjacent to an activating group) is 1. The quantitative estimate of drug-likeness (QED) is 0.828. The Kier molecular flexibility index (Phi) is 3.99. The molecular formula is C12H17F2NO. The lowest BCUT2D eigenvalue weighted by atomic mass is 9.91. The van der Waals surface area contributed by atoms with Crippen LogP contribution in [0, 0.1) is 18.6 Å². The van der Waals surface area contributed by atoms with Gasteiger partial charge in [0, 0.05) is 5.56 Å². The number of benzene rings is 1. The average molecular weight is 229 g/mol. The number of hydrogen-bond acceptors (Lipinski definition) is 2. The normalized spacial score (nSPS) is 14.9. The van der Waals surface area contributed by atoms with E-state index in [-0.39, 0.29) is 17.7 Å². The van der Waals surface area contributed by atoms with Crippen LogP contribution in [0.5, 0.6) is 0 Å². The van der Waals surface area contributed by atoms with E-state index in [1.165, 1.54) is 6.92 Å². The lowest BCUT2D eigenvalue weighted by Gasteiger charge is -2.29. The maximum atomic E-state index is 13.7. The van der Waals surface area contributed by atoms with E-state index < -0.39 is 17.2 Å². The second kappa shape index (κ2) is 4.89. The molecule has 16 heavy (non-hydrogen) atoms. The van der Waals surface area contributed by atoms with E-state index in [1.54, 1.807) is 6.92 Å². The summed E-state index contributed by atoms with van der Waals surface area (Å²) in [4.78, 5) is 0. The van der Waals surface area contributed by atoms with Crippen molar-refractivity contribution in [2.24, 2.45) is 0 Å². The summed E-state index contributed by atoms with van der Waals surface area (Å²) in [5.41, 5.74) is -0.536. The van der Waals surface area contributed by atoms with Gasteiger partial charge >= 0.3 is 0 Å². The number of aryl methyl sites for hydroxylation is 1. The number of aliphatic hydroxyl groups excluding tert-OH is 1. The third-order valence-corrected chi connectivity index (χ3v) is 2.73. The highest BCUT2D eigenvalue weighted by Gasteiger charge is 2.28. The van der Waals surface area contributed by atoms with Crippen molar-refractivity contribution in [3.8, 4) is 0 Å². The molecule has 0 aliphatic heterocycles. The van der Waals surface area contributed by atoms with Crippen molar-refractivity contribution < 1.29 is 13.9 Å². The van der Waals surface area contributed by atoms with Crippen LogP contribution in [0.25, 0.3) is 0 Å². The number of hydrogen-bond donors (Lipinski definition) is 2. The Hall–Kier alpha value is -1.00. The van der Waals surface area contributed by atoms with Gasteiger partial charge in [0.2, 0.25) is 0 Å². The highest BCUT2D eigenvalue weighted by atomic mass is 19.1. The minimum Gasteiger partial charge on any atom is -0.394 e. The van der Waals surface area contributed by atoms with Gasteiger partial charge in [-0.1, -0.05) is 6.92 Å². The average Bonchev–Trinajstić information content (AvgIpc) is 2.23. The van der Waals surface area contributed by atoms with Crippen LogP contribution < -0.4 is 5.32 Å². The first-order valence-electron chi connectivity index (χ1n) is 5.26. The van der Waals surface area contributed by atoms with Crippen LogP contribution in [0.2, 0.25) is 0 Å². The second-order valence-electron chi connectivity index (χ2n) is 4.10. The SMILES string of the molecule is CCNC(C)(CO)c1cc(F)c(C)cc1F. The minimum absolute atomic E-state index is 0.153. The Bertz CT molecular complexity index is 382. The number of halogens is 2. The molecule has 1 unspecified atom stereocenters. The standard InChI is InChI=1S/C12H17F2NO/c1-4-15-12(3,7-16)9-6-10(13)8(2)5-11(9)14/h5-6,15-16H,4,7H2,1-3H3. The lowest BCUT2D eigenvalue weighted by Crippen LogP contribution is -2.43. The van der Waals surface area contributed by atoms with Crippen molar-refractivity contribution in [1.82, 2.24) is 5.32 Å². The molecule has 0 heterocycles. The highest BCUT2D eigenvalue weighted by Crippen LogP contribution is 2.25. The number of nitrogens with one attached hydrogen (secondary N) is 1. The van der Waals surface area contributed by atoms with E-state index in [0.717, 1.165) is 12.1 Å². The van der Waals surface area contributed by atoms with Gasteiger partial charge in [-0.2, -0.15) is 0 Å². The first-order chi connectivity index (χ1) is 7.44. The molecule has 1 aromatic rings. The molecule has 0 fully saturated rings. The molecule has 0 saturated heterocycles. The molecule has 0 bridgehead atoms. The predicted octanol–water partition coefficient (Wildman–Crippen LogP) is 2.09. The minimum atomic E-state index is -0.951. The summed E-state index contributed by atoms with van der Waals surface area (Å²) in [7, 11) is 0. The molecule has 90 valence electrons. The molecule has 4 heteroatoms. The van der Waals surface area contributed by atoms with Crippen LogP contribution in [0.15, 0.2) is 12.1 Å². The van der Waals surface area contributed by atoms with Crippen molar-refractivity contribution in [1.29, 1.82) is 0 Å². The highest BCUT2D eigenvalue weighted by molar-refractivity contribution is 5.30. The van der Waals surface area contributed by atoms with Crippen LogP contribution in [-0.2, 0) is 5.54 Å². The van der Waals surface area contributed by atoms with Crippen molar-refractivity contribution in [3.63, 3.8) is 0 Å². The monoisotopic (exact) mass is 229 g/mol. The summed E-state index contributed by atoms with van der Waals surface area (Å²) in [6.45, 7) is 5.26. The zero-order valence-corrected chi connectivity index (χ0v) is 9.77. The maximum Gasteiger partial charge on any atom is 0.128 e. The Morgan fingerprint density at radius 1 is 1.31 bits per heavy atom. The molecule has 0 amide bonds. The van der Waals surface area contributed by atoms with Crippen LogP contribution >= 0.6 is 0 Å². The first-order valence-corrected chi connectivity index (χ1v) is 5.26. The van der Waals surface area contributed by atoms with Crippen LogP contribution in [0.1, 0.15) is 25.0 Å². The topological polar surface area (TPSA) is 32.3 Å². The van der Waals surface area contributed by atoms with Gasteiger partial charge in [-0.25, -0.2) is 8.78 Å². The fraction of sp³-hybridized carbons (Fsp3) is 0.500. The first kappa shape index (κ1) is 13.1. The largest absolute Gasteiger partial charge is 0.394 e. The maximum absolute atomic E-state index is 13.7. The van der Waals surface area contributed by atoms with E-state index in [1.807, 2.05) is 6.92 Å². The Balaban J connectivity index is 3.25. The van der Waals surface area contributed by atoms with Gasteiger partial charge in [-0.3, -0.25) is 0 Å². The third-order valence-electron chi connectivity index (χ3n) is 2.73. The van der Waals surface area contributed by atoms with Gasteiger partial charge < -0.3 is 10.4 Å². The van der Waals surface area contributed by atoms with Crippen molar-refractivity contribution >= 4 is 0 Å². The van der Waals surface area contributed by atoms with Crippen LogP contribution in [0.4, 0.5) is 8.78 Å². The smallest absolute Gasteiger partial charge is 0.128 e. The summed E-state index contributed by atoms with van der Waals surface area (Å²) < 4.78 is 27.1. The molecule has 2 nitrogen and oxygen atoms in total. The van der Waals surface area contributed by atoms with Crippen molar-refractivity contribution in [3.05, 3.63) is 34.9 Å². The zero-order valence-electron chi connectivity index (χ0n) is 9.77. The Morgan fingerprint density at radius 2 is 1.94 bits per heavy atom. The molecular weight excluding hydrogens is 212 g/mol. The van der Waals surface area contributed by atoms with Crippen LogP contribution in [-0.4, -0.2) is 18.3 Å². The summed E-state index contributed by atoms with van der Waals surface area (Å²) >= 11 is 0. The van der Waals surface area contributed by atoms with Gasteiger partial charge in [0.1, 0.15) is 11.6 Å². The zero-order chi connectivity index (χ0) is 12.3. The molecule has 0 aliphatic carbocycles. The fourth-order valence-corrected chi connectivity index (χ4v) is 1.70. The fourth-order valence-electron chi connectivity index (χ4n) is 1.70. The number of aliphatic hydroxyl groups is 1. The lowest BCUT2D eigenvalue weighted by molar-refractivity contribution is 0.173.